The Morgan fingerprint density at radius 1 is 1.32 bits per heavy atom. The Labute approximate surface area is 150 Å². The number of nitro benzene ring substituents is 1. The summed E-state index contributed by atoms with van der Waals surface area (Å²) in [5.74, 6) is 0.0294. The number of nitrogens with zero attached hydrogens (tertiary/aromatic N) is 1. The number of nitro groups is 1. The van der Waals surface area contributed by atoms with Gasteiger partial charge < -0.3 is 15.4 Å². The van der Waals surface area contributed by atoms with Crippen LogP contribution in [0.1, 0.15) is 18.5 Å². The zero-order valence-corrected chi connectivity index (χ0v) is 14.6. The Kier molecular flexibility index (Phi) is 6.32. The van der Waals surface area contributed by atoms with Gasteiger partial charge in [0.2, 0.25) is 0 Å². The zero-order valence-electron chi connectivity index (χ0n) is 13.9. The number of quaternary nitrogens is 1. The maximum Gasteiger partial charge on any atom is 0.296 e. The first-order valence-corrected chi connectivity index (χ1v) is 7.99. The van der Waals surface area contributed by atoms with Gasteiger partial charge in [0.15, 0.2) is 6.54 Å². The molecule has 1 atom stereocenters. The predicted octanol–water partition coefficient (Wildman–Crippen LogP) is 2.52. The Hall–Kier alpha value is -2.64. The third-order valence-corrected chi connectivity index (χ3v) is 3.98. The highest BCUT2D eigenvalue weighted by molar-refractivity contribution is 6.30. The summed E-state index contributed by atoms with van der Waals surface area (Å²) in [6, 6.07) is 11.7. The molecule has 0 aliphatic heterocycles. The van der Waals surface area contributed by atoms with Gasteiger partial charge in [-0.05, 0) is 31.2 Å². The van der Waals surface area contributed by atoms with Gasteiger partial charge in [-0.3, -0.25) is 14.9 Å². The molecule has 0 saturated carbocycles. The van der Waals surface area contributed by atoms with E-state index in [0.29, 0.717) is 10.8 Å². The average Bonchev–Trinajstić information content (AvgIpc) is 2.60. The first kappa shape index (κ1) is 18.7. The second kappa shape index (κ2) is 8.46. The quantitative estimate of drug-likeness (QED) is 0.582. The molecule has 0 fully saturated rings. The van der Waals surface area contributed by atoms with Crippen LogP contribution in [0.25, 0.3) is 0 Å². The normalized spacial score (nSPS) is 11.6. The minimum atomic E-state index is -0.557. The Bertz CT molecular complexity index is 765. The molecule has 0 aromatic heterocycles. The van der Waals surface area contributed by atoms with E-state index < -0.39 is 4.92 Å². The van der Waals surface area contributed by atoms with Crippen molar-refractivity contribution >= 4 is 28.9 Å². The largest absolute Gasteiger partial charge is 0.496 e. The highest BCUT2D eigenvalue weighted by atomic mass is 35.5. The van der Waals surface area contributed by atoms with Gasteiger partial charge in [0.25, 0.3) is 11.6 Å². The summed E-state index contributed by atoms with van der Waals surface area (Å²) >= 11 is 5.86. The van der Waals surface area contributed by atoms with Gasteiger partial charge in [0.05, 0.1) is 18.1 Å². The maximum absolute atomic E-state index is 12.1. The molecule has 0 aliphatic rings. The molecular formula is C17H19ClN3O4+. The van der Waals surface area contributed by atoms with Crippen LogP contribution in [-0.4, -0.2) is 24.5 Å². The number of amides is 1. The van der Waals surface area contributed by atoms with E-state index in [1.165, 1.54) is 19.2 Å². The number of methoxy groups -OCH3 is 1. The molecule has 2 rings (SSSR count). The van der Waals surface area contributed by atoms with Crippen molar-refractivity contribution in [1.82, 2.24) is 0 Å². The van der Waals surface area contributed by atoms with Crippen LogP contribution < -0.4 is 15.4 Å². The van der Waals surface area contributed by atoms with E-state index in [1.54, 1.807) is 18.2 Å². The smallest absolute Gasteiger partial charge is 0.296 e. The van der Waals surface area contributed by atoms with E-state index in [1.807, 2.05) is 24.4 Å². The molecule has 0 radical (unpaired) electrons. The molecule has 1 amide bonds. The molecule has 0 saturated heterocycles. The van der Waals surface area contributed by atoms with Crippen molar-refractivity contribution in [3.63, 3.8) is 0 Å². The number of carbonyl (C=O) groups excluding carboxylic acids is 1. The molecule has 0 unspecified atom stereocenters. The van der Waals surface area contributed by atoms with Crippen LogP contribution in [0, 0.1) is 10.1 Å². The monoisotopic (exact) mass is 364 g/mol. The number of ether oxygens (including phenoxy) is 1. The fraction of sp³-hybridized carbons (Fsp3) is 0.235. The summed E-state index contributed by atoms with van der Waals surface area (Å²) in [6.07, 6.45) is 0. The van der Waals surface area contributed by atoms with Crippen LogP contribution in [0.3, 0.4) is 0 Å². The molecule has 0 heterocycles. The topological polar surface area (TPSA) is 98.1 Å². The van der Waals surface area contributed by atoms with Crippen LogP contribution in [-0.2, 0) is 4.79 Å². The Balaban J connectivity index is 1.98. The molecule has 132 valence electrons. The molecule has 8 heteroatoms. The standard InChI is InChI=1S/C17H18ClN3O4/c1-11(12-3-5-13(18)6-4-12)19-10-17(22)20-15-8-7-14(25-2)9-16(15)21(23)24/h3-9,11,19H,10H2,1-2H3,(H,20,22)/p+1/t11-/m1/s1. The SMILES string of the molecule is COc1ccc(NC(=O)C[NH2+][C@H](C)c2ccc(Cl)cc2)c([N+](=O)[O-])c1. The second-order valence-corrected chi connectivity index (χ2v) is 5.90. The summed E-state index contributed by atoms with van der Waals surface area (Å²) in [6.45, 7) is 2.10. The minimum Gasteiger partial charge on any atom is -0.496 e. The van der Waals surface area contributed by atoms with Crippen molar-refractivity contribution in [2.45, 2.75) is 13.0 Å². The van der Waals surface area contributed by atoms with E-state index in [0.717, 1.165) is 5.56 Å². The van der Waals surface area contributed by atoms with Gasteiger partial charge in [0.1, 0.15) is 17.5 Å². The fourth-order valence-corrected chi connectivity index (χ4v) is 2.41. The third kappa shape index (κ3) is 5.17. The lowest BCUT2D eigenvalue weighted by Crippen LogP contribution is -2.86. The Morgan fingerprint density at radius 3 is 2.60 bits per heavy atom. The molecule has 25 heavy (non-hydrogen) atoms. The van der Waals surface area contributed by atoms with Gasteiger partial charge in [0, 0.05) is 10.6 Å². The van der Waals surface area contributed by atoms with Crippen LogP contribution >= 0.6 is 11.6 Å². The number of hydrogen-bond acceptors (Lipinski definition) is 4. The second-order valence-electron chi connectivity index (χ2n) is 5.47. The lowest BCUT2D eigenvalue weighted by Gasteiger charge is -2.11. The summed E-state index contributed by atoms with van der Waals surface area (Å²) < 4.78 is 4.97. The number of halogens is 1. The van der Waals surface area contributed by atoms with Crippen LogP contribution in [0.5, 0.6) is 5.75 Å². The van der Waals surface area contributed by atoms with Gasteiger partial charge in [-0.15, -0.1) is 0 Å². The summed E-state index contributed by atoms with van der Waals surface area (Å²) in [4.78, 5) is 22.7. The highest BCUT2D eigenvalue weighted by Crippen LogP contribution is 2.28. The molecule has 0 spiro atoms. The summed E-state index contributed by atoms with van der Waals surface area (Å²) in [5.41, 5.74) is 0.967. The molecule has 2 aromatic carbocycles. The predicted molar refractivity (Wildman–Crippen MR) is 94.9 cm³/mol. The van der Waals surface area contributed by atoms with Crippen molar-refractivity contribution in [3.8, 4) is 5.75 Å². The first-order chi connectivity index (χ1) is 11.9. The van der Waals surface area contributed by atoms with Crippen molar-refractivity contribution in [3.05, 3.63) is 63.2 Å². The van der Waals surface area contributed by atoms with E-state index in [2.05, 4.69) is 5.32 Å². The van der Waals surface area contributed by atoms with E-state index in [9.17, 15) is 14.9 Å². The van der Waals surface area contributed by atoms with E-state index in [4.69, 9.17) is 16.3 Å². The molecule has 2 aromatic rings. The summed E-state index contributed by atoms with van der Waals surface area (Å²) in [7, 11) is 1.42. The van der Waals surface area contributed by atoms with Crippen LogP contribution in [0.15, 0.2) is 42.5 Å². The van der Waals surface area contributed by atoms with E-state index >= 15 is 0 Å². The number of anilines is 1. The number of benzene rings is 2. The summed E-state index contributed by atoms with van der Waals surface area (Å²) in [5, 5.41) is 16.2. The first-order valence-electron chi connectivity index (χ1n) is 7.61. The van der Waals surface area contributed by atoms with Gasteiger partial charge in [-0.2, -0.15) is 0 Å². The number of carbonyl (C=O) groups is 1. The Morgan fingerprint density at radius 2 is 2.00 bits per heavy atom. The zero-order chi connectivity index (χ0) is 18.4. The van der Waals surface area contributed by atoms with Crippen molar-refractivity contribution in [2.75, 3.05) is 19.0 Å². The number of nitrogens with one attached hydrogen (secondary N) is 1. The lowest BCUT2D eigenvalue weighted by atomic mass is 10.1. The van der Waals surface area contributed by atoms with Gasteiger partial charge >= 0.3 is 0 Å². The van der Waals surface area contributed by atoms with E-state index in [-0.39, 0.29) is 29.9 Å². The molecule has 0 bridgehead atoms. The van der Waals surface area contributed by atoms with Crippen LogP contribution in [0.4, 0.5) is 11.4 Å². The van der Waals surface area contributed by atoms with Crippen LogP contribution in [0.2, 0.25) is 5.02 Å². The molecule has 0 aliphatic carbocycles. The molecular weight excluding hydrogens is 346 g/mol. The number of hydrogen-bond donors (Lipinski definition) is 2. The lowest BCUT2D eigenvalue weighted by molar-refractivity contribution is -0.682. The van der Waals surface area contributed by atoms with Crippen molar-refractivity contribution < 1.29 is 19.8 Å². The third-order valence-electron chi connectivity index (χ3n) is 3.73. The molecule has 7 nitrogen and oxygen atoms in total. The van der Waals surface area contributed by atoms with Gasteiger partial charge in [-0.25, -0.2) is 0 Å². The minimum absolute atomic E-state index is 0.0499. The molecule has 3 N–H and O–H groups in total. The number of rotatable bonds is 7. The van der Waals surface area contributed by atoms with Crippen molar-refractivity contribution in [2.24, 2.45) is 0 Å². The van der Waals surface area contributed by atoms with Crippen molar-refractivity contribution in [1.29, 1.82) is 0 Å². The maximum atomic E-state index is 12.1. The average molecular weight is 365 g/mol. The number of nitrogens with two attached hydrogens (primary N) is 1. The van der Waals surface area contributed by atoms with Gasteiger partial charge in [-0.1, -0.05) is 23.7 Å². The highest BCUT2D eigenvalue weighted by Gasteiger charge is 2.18. The fourth-order valence-electron chi connectivity index (χ4n) is 2.28.